The normalized spacial score (nSPS) is 23.4. The van der Waals surface area contributed by atoms with Crippen LogP contribution < -0.4 is 4.72 Å². The molecule has 1 saturated carbocycles. The number of nitrogens with one attached hydrogen (secondary N) is 1. The molecule has 5 heteroatoms. The van der Waals surface area contributed by atoms with E-state index < -0.39 is 10.0 Å². The third-order valence-corrected chi connectivity index (χ3v) is 5.29. The lowest BCUT2D eigenvalue weighted by Crippen LogP contribution is -2.47. The van der Waals surface area contributed by atoms with Crippen molar-refractivity contribution < 1.29 is 13.2 Å². The second-order valence-corrected chi connectivity index (χ2v) is 7.76. The van der Waals surface area contributed by atoms with Gasteiger partial charge in [-0.15, -0.1) is 0 Å². The second kappa shape index (κ2) is 6.90. The smallest absolute Gasteiger partial charge is 0.240 e. The molecule has 0 saturated heterocycles. The molecule has 1 aliphatic rings. The van der Waals surface area contributed by atoms with Crippen molar-refractivity contribution in [2.24, 2.45) is 0 Å². The fourth-order valence-electron chi connectivity index (χ4n) is 2.73. The van der Waals surface area contributed by atoms with Gasteiger partial charge in [0.25, 0.3) is 0 Å². The lowest BCUT2D eigenvalue weighted by atomic mass is 9.93. The Bertz CT molecular complexity index is 551. The predicted molar refractivity (Wildman–Crippen MR) is 83.8 cm³/mol. The first-order valence-electron chi connectivity index (χ1n) is 7.63. The number of benzene rings is 1. The number of sulfonamides is 1. The SMILES string of the molecule is Cc1ccc(S(=O)(=O)NC2CCCCC2OC(C)C)cc1. The fraction of sp³-hybridized carbons (Fsp3) is 0.625. The molecule has 1 aromatic rings. The molecule has 2 unspecified atom stereocenters. The van der Waals surface area contributed by atoms with Gasteiger partial charge in [-0.1, -0.05) is 30.5 Å². The van der Waals surface area contributed by atoms with Crippen molar-refractivity contribution in [2.45, 2.75) is 69.6 Å². The van der Waals surface area contributed by atoms with E-state index >= 15 is 0 Å². The third kappa shape index (κ3) is 4.53. The minimum absolute atomic E-state index is 0.0287. The van der Waals surface area contributed by atoms with Crippen molar-refractivity contribution in [3.63, 3.8) is 0 Å². The van der Waals surface area contributed by atoms with Crippen LogP contribution in [0.4, 0.5) is 0 Å². The van der Waals surface area contributed by atoms with Crippen molar-refractivity contribution in [2.75, 3.05) is 0 Å². The van der Waals surface area contributed by atoms with E-state index in [1.54, 1.807) is 12.1 Å². The molecule has 21 heavy (non-hydrogen) atoms. The van der Waals surface area contributed by atoms with Gasteiger partial charge in [0, 0.05) is 6.04 Å². The quantitative estimate of drug-likeness (QED) is 0.909. The van der Waals surface area contributed by atoms with Crippen LogP contribution in [0.3, 0.4) is 0 Å². The van der Waals surface area contributed by atoms with Gasteiger partial charge < -0.3 is 4.74 Å². The maximum Gasteiger partial charge on any atom is 0.240 e. The number of hydrogen-bond acceptors (Lipinski definition) is 3. The largest absolute Gasteiger partial charge is 0.374 e. The highest BCUT2D eigenvalue weighted by molar-refractivity contribution is 7.89. The summed E-state index contributed by atoms with van der Waals surface area (Å²) in [4.78, 5) is 0.321. The van der Waals surface area contributed by atoms with Crippen LogP contribution in [-0.4, -0.2) is 26.7 Å². The predicted octanol–water partition coefficient (Wildman–Crippen LogP) is 3.01. The molecular formula is C16H25NO3S. The molecule has 0 heterocycles. The summed E-state index contributed by atoms with van der Waals surface area (Å²) < 4.78 is 33.7. The van der Waals surface area contributed by atoms with Gasteiger partial charge in [0.05, 0.1) is 17.1 Å². The summed E-state index contributed by atoms with van der Waals surface area (Å²) in [6.07, 6.45) is 3.97. The number of aryl methyl sites for hydroxylation is 1. The summed E-state index contributed by atoms with van der Waals surface area (Å²) in [6, 6.07) is 6.81. The average Bonchev–Trinajstić information content (AvgIpc) is 2.40. The molecule has 0 aromatic heterocycles. The van der Waals surface area contributed by atoms with Gasteiger partial charge in [-0.25, -0.2) is 13.1 Å². The topological polar surface area (TPSA) is 55.4 Å². The van der Waals surface area contributed by atoms with E-state index in [0.717, 1.165) is 31.2 Å². The molecule has 4 nitrogen and oxygen atoms in total. The minimum Gasteiger partial charge on any atom is -0.374 e. The second-order valence-electron chi connectivity index (χ2n) is 6.05. The van der Waals surface area contributed by atoms with Gasteiger partial charge in [-0.2, -0.15) is 0 Å². The van der Waals surface area contributed by atoms with Crippen LogP contribution in [0.15, 0.2) is 29.2 Å². The van der Waals surface area contributed by atoms with Gasteiger partial charge in [0.2, 0.25) is 10.0 Å². The number of rotatable bonds is 5. The summed E-state index contributed by atoms with van der Waals surface area (Å²) >= 11 is 0. The first-order valence-corrected chi connectivity index (χ1v) is 9.11. The van der Waals surface area contributed by atoms with Crippen molar-refractivity contribution in [3.05, 3.63) is 29.8 Å². The van der Waals surface area contributed by atoms with E-state index in [0.29, 0.717) is 4.90 Å². The molecule has 1 aromatic carbocycles. The summed E-state index contributed by atoms with van der Waals surface area (Å²) in [5.74, 6) is 0. The van der Waals surface area contributed by atoms with Gasteiger partial charge in [0.1, 0.15) is 0 Å². The number of hydrogen-bond donors (Lipinski definition) is 1. The van der Waals surface area contributed by atoms with Crippen LogP contribution in [0.25, 0.3) is 0 Å². The molecule has 0 aliphatic heterocycles. The monoisotopic (exact) mass is 311 g/mol. The van der Waals surface area contributed by atoms with E-state index in [-0.39, 0.29) is 18.2 Å². The molecule has 2 rings (SSSR count). The fourth-order valence-corrected chi connectivity index (χ4v) is 4.03. The molecule has 1 aliphatic carbocycles. The van der Waals surface area contributed by atoms with E-state index in [4.69, 9.17) is 4.74 Å². The Kier molecular flexibility index (Phi) is 5.41. The Hall–Kier alpha value is -0.910. The van der Waals surface area contributed by atoms with Crippen molar-refractivity contribution in [3.8, 4) is 0 Å². The summed E-state index contributed by atoms with van der Waals surface area (Å²) in [7, 11) is -3.48. The highest BCUT2D eigenvalue weighted by atomic mass is 32.2. The Morgan fingerprint density at radius 3 is 2.38 bits per heavy atom. The van der Waals surface area contributed by atoms with E-state index in [2.05, 4.69) is 4.72 Å². The average molecular weight is 311 g/mol. The molecule has 0 spiro atoms. The van der Waals surface area contributed by atoms with E-state index in [9.17, 15) is 8.42 Å². The van der Waals surface area contributed by atoms with Gasteiger partial charge in [0.15, 0.2) is 0 Å². The van der Waals surface area contributed by atoms with Crippen LogP contribution >= 0.6 is 0 Å². The molecule has 1 fully saturated rings. The van der Waals surface area contributed by atoms with Gasteiger partial charge in [-0.05, 0) is 45.7 Å². The maximum atomic E-state index is 12.5. The lowest BCUT2D eigenvalue weighted by molar-refractivity contribution is -0.0262. The molecule has 118 valence electrons. The summed E-state index contributed by atoms with van der Waals surface area (Å²) in [5, 5.41) is 0. The molecular weight excluding hydrogens is 286 g/mol. The standard InChI is InChI=1S/C16H25NO3S/c1-12(2)20-16-7-5-4-6-15(16)17-21(18,19)14-10-8-13(3)9-11-14/h8-12,15-17H,4-7H2,1-3H3. The third-order valence-electron chi connectivity index (χ3n) is 3.79. The first kappa shape index (κ1) is 16.5. The highest BCUT2D eigenvalue weighted by Crippen LogP contribution is 2.24. The van der Waals surface area contributed by atoms with Gasteiger partial charge in [-0.3, -0.25) is 0 Å². The van der Waals surface area contributed by atoms with Crippen LogP contribution in [0.5, 0.6) is 0 Å². The molecule has 0 amide bonds. The van der Waals surface area contributed by atoms with Crippen LogP contribution in [0, 0.1) is 6.92 Å². The Balaban J connectivity index is 2.12. The molecule has 2 atom stereocenters. The van der Waals surface area contributed by atoms with Crippen molar-refractivity contribution in [1.82, 2.24) is 4.72 Å². The van der Waals surface area contributed by atoms with Crippen molar-refractivity contribution in [1.29, 1.82) is 0 Å². The van der Waals surface area contributed by atoms with Crippen LogP contribution in [-0.2, 0) is 14.8 Å². The van der Waals surface area contributed by atoms with Crippen molar-refractivity contribution >= 4 is 10.0 Å². The molecule has 1 N–H and O–H groups in total. The zero-order valence-corrected chi connectivity index (χ0v) is 13.8. The zero-order valence-electron chi connectivity index (χ0n) is 13.0. The summed E-state index contributed by atoms with van der Waals surface area (Å²) in [5.41, 5.74) is 1.05. The number of ether oxygens (including phenoxy) is 1. The van der Waals surface area contributed by atoms with E-state index in [1.165, 1.54) is 0 Å². The van der Waals surface area contributed by atoms with E-state index in [1.807, 2.05) is 32.9 Å². The summed E-state index contributed by atoms with van der Waals surface area (Å²) in [6.45, 7) is 5.91. The molecule has 0 radical (unpaired) electrons. The van der Waals surface area contributed by atoms with Crippen LogP contribution in [0.1, 0.15) is 45.1 Å². The Morgan fingerprint density at radius 2 is 1.76 bits per heavy atom. The van der Waals surface area contributed by atoms with Crippen LogP contribution in [0.2, 0.25) is 0 Å². The molecule has 0 bridgehead atoms. The Labute approximate surface area is 127 Å². The highest BCUT2D eigenvalue weighted by Gasteiger charge is 2.30. The van der Waals surface area contributed by atoms with Gasteiger partial charge >= 0.3 is 0 Å². The zero-order chi connectivity index (χ0) is 15.5. The first-order chi connectivity index (χ1) is 9.88. The Morgan fingerprint density at radius 1 is 1.14 bits per heavy atom. The maximum absolute atomic E-state index is 12.5. The minimum atomic E-state index is -3.48. The lowest BCUT2D eigenvalue weighted by Gasteiger charge is -2.33.